The summed E-state index contributed by atoms with van der Waals surface area (Å²) in [6.07, 6.45) is 0. The van der Waals surface area contributed by atoms with Crippen molar-refractivity contribution < 1.29 is 9.53 Å². The molecule has 1 fully saturated rings. The molecule has 1 N–H and O–H groups in total. The lowest BCUT2D eigenvalue weighted by molar-refractivity contribution is -0.0764. The molecule has 1 aliphatic rings. The van der Waals surface area contributed by atoms with Crippen LogP contribution in [0.1, 0.15) is 23.6 Å². The summed E-state index contributed by atoms with van der Waals surface area (Å²) in [5.74, 6) is -0.0691. The number of carbonyl (C=O) groups excluding carboxylic acids is 1. The molecule has 0 unspecified atom stereocenters. The number of hydrogen-bond acceptors (Lipinski definition) is 6. The first-order chi connectivity index (χ1) is 8.02. The van der Waals surface area contributed by atoms with Crippen molar-refractivity contribution in [3.63, 3.8) is 0 Å². The van der Waals surface area contributed by atoms with Crippen LogP contribution in [0.5, 0.6) is 0 Å². The highest BCUT2D eigenvalue weighted by molar-refractivity contribution is 7.17. The third-order valence-corrected chi connectivity index (χ3v) is 3.46. The fourth-order valence-corrected chi connectivity index (χ4v) is 2.40. The Morgan fingerprint density at radius 2 is 2.29 bits per heavy atom. The second-order valence-electron chi connectivity index (χ2n) is 4.50. The quantitative estimate of drug-likeness (QED) is 0.849. The fourth-order valence-electron chi connectivity index (χ4n) is 1.74. The molecule has 2 rings (SSSR count). The van der Waals surface area contributed by atoms with Gasteiger partial charge in [0.15, 0.2) is 0 Å². The molecule has 0 atom stereocenters. The van der Waals surface area contributed by atoms with E-state index in [4.69, 9.17) is 4.74 Å². The molecule has 0 bridgehead atoms. The van der Waals surface area contributed by atoms with Gasteiger partial charge in [-0.1, -0.05) is 11.3 Å². The maximum atomic E-state index is 12.2. The van der Waals surface area contributed by atoms with Crippen LogP contribution in [-0.2, 0) is 4.74 Å². The van der Waals surface area contributed by atoms with Gasteiger partial charge in [0, 0.05) is 20.1 Å². The van der Waals surface area contributed by atoms with E-state index in [1.807, 2.05) is 13.8 Å². The highest BCUT2D eigenvalue weighted by atomic mass is 32.1. The maximum Gasteiger partial charge on any atom is 0.285 e. The number of nitrogens with zero attached hydrogens (tertiary/aromatic N) is 3. The molecule has 1 aliphatic heterocycles. The number of hydrogen-bond donors (Lipinski definition) is 1. The average Bonchev–Trinajstić information content (AvgIpc) is 2.75. The smallest absolute Gasteiger partial charge is 0.285 e. The number of nitrogens with one attached hydrogen (secondary N) is 1. The van der Waals surface area contributed by atoms with E-state index in [1.165, 1.54) is 11.3 Å². The normalized spacial score (nSPS) is 19.1. The second-order valence-corrected chi connectivity index (χ2v) is 5.47. The molecular formula is C10H16N4O2S. The van der Waals surface area contributed by atoms with Gasteiger partial charge in [-0.2, -0.15) is 0 Å². The van der Waals surface area contributed by atoms with E-state index in [0.29, 0.717) is 29.8 Å². The third kappa shape index (κ3) is 2.73. The van der Waals surface area contributed by atoms with Gasteiger partial charge in [-0.3, -0.25) is 4.79 Å². The zero-order chi connectivity index (χ0) is 12.5. The van der Waals surface area contributed by atoms with E-state index >= 15 is 0 Å². The van der Waals surface area contributed by atoms with Crippen molar-refractivity contribution in [1.29, 1.82) is 0 Å². The third-order valence-electron chi connectivity index (χ3n) is 2.53. The monoisotopic (exact) mass is 256 g/mol. The van der Waals surface area contributed by atoms with Crippen molar-refractivity contribution in [3.05, 3.63) is 5.01 Å². The Morgan fingerprint density at radius 3 is 2.88 bits per heavy atom. The Balaban J connectivity index is 2.09. The Hall–Kier alpha value is -1.21. The zero-order valence-corrected chi connectivity index (χ0v) is 11.0. The molecule has 6 nitrogen and oxygen atoms in total. The standard InChI is InChI=1S/C10H16N4O2S/c1-10(2)6-14(4-5-16-10)8(15)7-12-13-9(11-3)17-7/h4-6H2,1-3H3,(H,11,13). The Bertz CT molecular complexity index is 418. The van der Waals surface area contributed by atoms with E-state index in [2.05, 4.69) is 15.5 Å². The molecule has 1 saturated heterocycles. The lowest BCUT2D eigenvalue weighted by Crippen LogP contribution is -2.50. The first kappa shape index (κ1) is 12.3. The lowest BCUT2D eigenvalue weighted by Gasteiger charge is -2.37. The zero-order valence-electron chi connectivity index (χ0n) is 10.2. The minimum atomic E-state index is -0.287. The summed E-state index contributed by atoms with van der Waals surface area (Å²) in [5.41, 5.74) is -0.287. The average molecular weight is 256 g/mol. The minimum absolute atomic E-state index is 0.0691. The number of carbonyl (C=O) groups is 1. The van der Waals surface area contributed by atoms with Crippen LogP contribution in [-0.4, -0.2) is 53.3 Å². The van der Waals surface area contributed by atoms with Crippen LogP contribution in [0.2, 0.25) is 0 Å². The summed E-state index contributed by atoms with van der Waals surface area (Å²) >= 11 is 1.27. The van der Waals surface area contributed by atoms with Crippen LogP contribution in [0.15, 0.2) is 0 Å². The highest BCUT2D eigenvalue weighted by Crippen LogP contribution is 2.21. The molecule has 2 heterocycles. The van der Waals surface area contributed by atoms with Crippen LogP contribution < -0.4 is 5.32 Å². The number of ether oxygens (including phenoxy) is 1. The van der Waals surface area contributed by atoms with E-state index < -0.39 is 0 Å². The van der Waals surface area contributed by atoms with Gasteiger partial charge in [-0.05, 0) is 13.8 Å². The van der Waals surface area contributed by atoms with Crippen molar-refractivity contribution in [2.75, 3.05) is 32.1 Å². The Labute approximate surface area is 104 Å². The van der Waals surface area contributed by atoms with Gasteiger partial charge in [-0.15, -0.1) is 10.2 Å². The molecule has 17 heavy (non-hydrogen) atoms. The largest absolute Gasteiger partial charge is 0.372 e. The van der Waals surface area contributed by atoms with Crippen molar-refractivity contribution in [2.24, 2.45) is 0 Å². The molecule has 0 saturated carbocycles. The van der Waals surface area contributed by atoms with Crippen LogP contribution >= 0.6 is 11.3 Å². The number of rotatable bonds is 2. The molecule has 0 radical (unpaired) electrons. The fraction of sp³-hybridized carbons (Fsp3) is 0.700. The topological polar surface area (TPSA) is 67.4 Å². The van der Waals surface area contributed by atoms with Gasteiger partial charge in [0.1, 0.15) is 0 Å². The summed E-state index contributed by atoms with van der Waals surface area (Å²) < 4.78 is 5.57. The summed E-state index contributed by atoms with van der Waals surface area (Å²) in [4.78, 5) is 13.9. The van der Waals surface area contributed by atoms with Gasteiger partial charge in [0.05, 0.1) is 12.2 Å². The molecule has 0 spiro atoms. The van der Waals surface area contributed by atoms with Crippen LogP contribution in [0.4, 0.5) is 5.13 Å². The molecule has 0 aliphatic carbocycles. The van der Waals surface area contributed by atoms with Crippen molar-refractivity contribution in [3.8, 4) is 0 Å². The first-order valence-electron chi connectivity index (χ1n) is 5.46. The number of aromatic nitrogens is 2. The first-order valence-corrected chi connectivity index (χ1v) is 6.28. The predicted octanol–water partition coefficient (Wildman–Crippen LogP) is 0.831. The van der Waals surface area contributed by atoms with E-state index in [9.17, 15) is 4.79 Å². The van der Waals surface area contributed by atoms with Gasteiger partial charge < -0.3 is 15.0 Å². The highest BCUT2D eigenvalue weighted by Gasteiger charge is 2.31. The summed E-state index contributed by atoms with van der Waals surface area (Å²) in [5, 5.41) is 11.7. The van der Waals surface area contributed by atoms with Gasteiger partial charge in [0.25, 0.3) is 5.91 Å². The van der Waals surface area contributed by atoms with Crippen molar-refractivity contribution >= 4 is 22.4 Å². The lowest BCUT2D eigenvalue weighted by atomic mass is 10.1. The molecule has 7 heteroatoms. The molecule has 0 aromatic carbocycles. The van der Waals surface area contributed by atoms with Crippen LogP contribution in [0, 0.1) is 0 Å². The van der Waals surface area contributed by atoms with Crippen LogP contribution in [0.25, 0.3) is 0 Å². The Morgan fingerprint density at radius 1 is 1.53 bits per heavy atom. The summed E-state index contributed by atoms with van der Waals surface area (Å²) in [6, 6.07) is 0. The van der Waals surface area contributed by atoms with Gasteiger partial charge in [0.2, 0.25) is 10.1 Å². The van der Waals surface area contributed by atoms with Crippen molar-refractivity contribution in [2.45, 2.75) is 19.4 Å². The number of anilines is 1. The van der Waals surface area contributed by atoms with E-state index in [1.54, 1.807) is 11.9 Å². The molecule has 1 amide bonds. The maximum absolute atomic E-state index is 12.2. The van der Waals surface area contributed by atoms with E-state index in [-0.39, 0.29) is 11.5 Å². The second kappa shape index (κ2) is 4.58. The summed E-state index contributed by atoms with van der Waals surface area (Å²) in [6.45, 7) is 5.71. The molecule has 94 valence electrons. The molecule has 1 aromatic rings. The van der Waals surface area contributed by atoms with Gasteiger partial charge >= 0.3 is 0 Å². The SMILES string of the molecule is CNc1nnc(C(=O)N2CCOC(C)(C)C2)s1. The number of morpholine rings is 1. The number of amides is 1. The van der Waals surface area contributed by atoms with E-state index in [0.717, 1.165) is 0 Å². The molecule has 1 aromatic heterocycles. The Kier molecular flexibility index (Phi) is 3.30. The van der Waals surface area contributed by atoms with Crippen molar-refractivity contribution in [1.82, 2.24) is 15.1 Å². The summed E-state index contributed by atoms with van der Waals surface area (Å²) in [7, 11) is 1.76. The minimum Gasteiger partial charge on any atom is -0.372 e. The molecular weight excluding hydrogens is 240 g/mol. The van der Waals surface area contributed by atoms with Gasteiger partial charge in [-0.25, -0.2) is 0 Å². The predicted molar refractivity (Wildman–Crippen MR) is 65.4 cm³/mol. The van der Waals surface area contributed by atoms with Crippen LogP contribution in [0.3, 0.4) is 0 Å².